The Kier molecular flexibility index (Phi) is 5.80. The van der Waals surface area contributed by atoms with Crippen LogP contribution in [0.15, 0.2) is 95.9 Å². The molecule has 5 rings (SSSR count). The third-order valence-corrected chi connectivity index (χ3v) is 6.06. The number of carbonyl (C=O) groups excluding carboxylic acids is 1. The number of fused-ring (bicyclic) bond motifs is 2. The van der Waals surface area contributed by atoms with Crippen LogP contribution >= 0.6 is 0 Å². The van der Waals surface area contributed by atoms with Gasteiger partial charge in [-0.15, -0.1) is 0 Å². The van der Waals surface area contributed by atoms with Gasteiger partial charge in [-0.3, -0.25) is 19.1 Å². The number of halogens is 3. The van der Waals surface area contributed by atoms with Crippen LogP contribution in [0.2, 0.25) is 0 Å². The van der Waals surface area contributed by atoms with Gasteiger partial charge < -0.3 is 5.32 Å². The van der Waals surface area contributed by atoms with Gasteiger partial charge in [-0.2, -0.15) is 13.2 Å². The predicted molar refractivity (Wildman–Crippen MR) is 132 cm³/mol. The van der Waals surface area contributed by atoms with E-state index in [1.54, 1.807) is 61.7 Å². The Morgan fingerprint density at radius 2 is 1.61 bits per heavy atom. The summed E-state index contributed by atoms with van der Waals surface area (Å²) < 4.78 is 42.5. The first-order valence-corrected chi connectivity index (χ1v) is 11.2. The fourth-order valence-corrected chi connectivity index (χ4v) is 4.42. The number of nitrogens with zero attached hydrogens (tertiary/aromatic N) is 2. The molecule has 0 aliphatic heterocycles. The number of alkyl halides is 3. The average Bonchev–Trinajstić information content (AvgIpc) is 2.87. The van der Waals surface area contributed by atoms with Gasteiger partial charge in [0.05, 0.1) is 28.1 Å². The highest BCUT2D eigenvalue weighted by Crippen LogP contribution is 2.34. The molecule has 2 heterocycles. The van der Waals surface area contributed by atoms with Crippen LogP contribution in [0.4, 0.5) is 13.2 Å². The van der Waals surface area contributed by atoms with Crippen molar-refractivity contribution in [1.82, 2.24) is 14.9 Å². The first kappa shape index (κ1) is 23.3. The molecule has 0 saturated carbocycles. The van der Waals surface area contributed by atoms with E-state index in [2.05, 4.69) is 10.3 Å². The second-order valence-electron chi connectivity index (χ2n) is 8.39. The number of rotatable bonds is 4. The SMILES string of the molecule is C[C@H](NC(=O)c1cccc2cccnc12)c1cc2cccc(C(F)(F)F)c2c(=O)n1-c1ccccc1. The summed E-state index contributed by atoms with van der Waals surface area (Å²) in [5.74, 6) is -0.414. The molecule has 0 aliphatic rings. The van der Waals surface area contributed by atoms with Crippen molar-refractivity contribution in [3.63, 3.8) is 0 Å². The van der Waals surface area contributed by atoms with Crippen LogP contribution in [0.3, 0.4) is 0 Å². The molecule has 2 aromatic heterocycles. The van der Waals surface area contributed by atoms with Crippen molar-refractivity contribution in [2.75, 3.05) is 0 Å². The van der Waals surface area contributed by atoms with Gasteiger partial charge in [-0.05, 0) is 48.7 Å². The van der Waals surface area contributed by atoms with Crippen molar-refractivity contribution in [3.05, 3.63) is 118 Å². The summed E-state index contributed by atoms with van der Waals surface area (Å²) in [5, 5.41) is 3.41. The lowest BCUT2D eigenvalue weighted by molar-refractivity contribution is -0.136. The lowest BCUT2D eigenvalue weighted by Crippen LogP contribution is -2.32. The minimum atomic E-state index is -4.70. The highest BCUT2D eigenvalue weighted by atomic mass is 19.4. The van der Waals surface area contributed by atoms with Crippen molar-refractivity contribution in [2.24, 2.45) is 0 Å². The number of hydrogen-bond acceptors (Lipinski definition) is 3. The van der Waals surface area contributed by atoms with Gasteiger partial charge in [0.1, 0.15) is 0 Å². The number of aromatic nitrogens is 2. The fraction of sp³-hybridized carbons (Fsp3) is 0.107. The molecule has 0 aliphatic carbocycles. The zero-order valence-corrected chi connectivity index (χ0v) is 19.1. The third kappa shape index (κ3) is 4.11. The van der Waals surface area contributed by atoms with E-state index in [0.717, 1.165) is 11.5 Å². The quantitative estimate of drug-likeness (QED) is 0.336. The standard InChI is InChI=1S/C28H20F3N3O2/c1-17(33-26(35)21-13-5-8-18-10-7-15-32-25(18)21)23-16-19-9-6-14-22(28(29,30)31)24(19)27(36)34(23)20-11-3-2-4-12-20/h2-17H,1H3,(H,33,35)/t17-/m0/s1. The number of carbonyl (C=O) groups is 1. The molecular weight excluding hydrogens is 467 g/mol. The first-order valence-electron chi connectivity index (χ1n) is 11.2. The Balaban J connectivity index is 1.67. The van der Waals surface area contributed by atoms with Crippen LogP contribution in [0, 0.1) is 0 Å². The highest BCUT2D eigenvalue weighted by Gasteiger charge is 2.34. The summed E-state index contributed by atoms with van der Waals surface area (Å²) in [5.41, 5.74) is -0.189. The van der Waals surface area contributed by atoms with Crippen LogP contribution in [0.5, 0.6) is 0 Å². The lowest BCUT2D eigenvalue weighted by atomic mass is 10.0. The normalized spacial score (nSPS) is 12.6. The summed E-state index contributed by atoms with van der Waals surface area (Å²) in [6.45, 7) is 1.68. The molecule has 3 aromatic carbocycles. The van der Waals surface area contributed by atoms with E-state index in [1.807, 2.05) is 12.1 Å². The first-order chi connectivity index (χ1) is 17.3. The topological polar surface area (TPSA) is 64.0 Å². The number of nitrogens with one attached hydrogen (secondary N) is 1. The number of pyridine rings is 2. The molecule has 5 nitrogen and oxygen atoms in total. The van der Waals surface area contributed by atoms with Crippen molar-refractivity contribution in [2.45, 2.75) is 19.1 Å². The van der Waals surface area contributed by atoms with Crippen molar-refractivity contribution in [3.8, 4) is 5.69 Å². The summed E-state index contributed by atoms with van der Waals surface area (Å²) in [4.78, 5) is 31.1. The molecule has 0 unspecified atom stereocenters. The summed E-state index contributed by atoms with van der Waals surface area (Å²) in [6, 6.07) is 21.7. The molecule has 8 heteroatoms. The molecule has 36 heavy (non-hydrogen) atoms. The molecule has 0 saturated heterocycles. The van der Waals surface area contributed by atoms with Gasteiger partial charge in [0.25, 0.3) is 11.5 Å². The Hall–Kier alpha value is -4.46. The number of para-hydroxylation sites is 2. The number of hydrogen-bond donors (Lipinski definition) is 1. The van der Waals surface area contributed by atoms with Gasteiger partial charge >= 0.3 is 6.18 Å². The van der Waals surface area contributed by atoms with E-state index < -0.39 is 34.6 Å². The highest BCUT2D eigenvalue weighted by molar-refractivity contribution is 6.05. The molecule has 180 valence electrons. The van der Waals surface area contributed by atoms with Gasteiger partial charge in [-0.25, -0.2) is 0 Å². The van der Waals surface area contributed by atoms with E-state index in [9.17, 15) is 22.8 Å². The maximum absolute atomic E-state index is 13.8. The average molecular weight is 487 g/mol. The Morgan fingerprint density at radius 3 is 2.36 bits per heavy atom. The minimum absolute atomic E-state index is 0.143. The molecule has 0 fully saturated rings. The van der Waals surface area contributed by atoms with Crippen LogP contribution in [-0.4, -0.2) is 15.5 Å². The van der Waals surface area contributed by atoms with E-state index in [4.69, 9.17) is 0 Å². The van der Waals surface area contributed by atoms with Gasteiger partial charge in [0, 0.05) is 23.0 Å². The fourth-order valence-electron chi connectivity index (χ4n) is 4.42. The molecule has 0 radical (unpaired) electrons. The van der Waals surface area contributed by atoms with E-state index in [0.29, 0.717) is 22.5 Å². The van der Waals surface area contributed by atoms with Gasteiger partial charge in [-0.1, -0.05) is 48.5 Å². The molecule has 1 atom stereocenters. The van der Waals surface area contributed by atoms with E-state index >= 15 is 0 Å². The zero-order chi connectivity index (χ0) is 25.4. The third-order valence-electron chi connectivity index (χ3n) is 6.06. The maximum atomic E-state index is 13.8. The predicted octanol–water partition coefficient (Wildman–Crippen LogP) is 6.05. The summed E-state index contributed by atoms with van der Waals surface area (Å²) >= 11 is 0. The van der Waals surface area contributed by atoms with Crippen LogP contribution in [0.25, 0.3) is 27.4 Å². The van der Waals surface area contributed by atoms with Crippen LogP contribution in [-0.2, 0) is 6.18 Å². The molecule has 0 spiro atoms. The smallest absolute Gasteiger partial charge is 0.344 e. The number of amides is 1. The zero-order valence-electron chi connectivity index (χ0n) is 19.1. The van der Waals surface area contributed by atoms with E-state index in [-0.39, 0.29) is 5.39 Å². The van der Waals surface area contributed by atoms with Crippen LogP contribution < -0.4 is 10.9 Å². The molecular formula is C28H20F3N3O2. The summed E-state index contributed by atoms with van der Waals surface area (Å²) in [6.07, 6.45) is -3.10. The Labute approximate surface area is 203 Å². The molecule has 1 N–H and O–H groups in total. The minimum Gasteiger partial charge on any atom is -0.344 e. The number of benzene rings is 3. The largest absolute Gasteiger partial charge is 0.417 e. The van der Waals surface area contributed by atoms with Crippen LogP contribution in [0.1, 0.15) is 34.6 Å². The van der Waals surface area contributed by atoms with E-state index in [1.165, 1.54) is 22.8 Å². The molecule has 0 bridgehead atoms. The maximum Gasteiger partial charge on any atom is 0.417 e. The van der Waals surface area contributed by atoms with Crippen molar-refractivity contribution in [1.29, 1.82) is 0 Å². The second kappa shape index (κ2) is 8.96. The Bertz CT molecular complexity index is 1660. The van der Waals surface area contributed by atoms with Crippen molar-refractivity contribution < 1.29 is 18.0 Å². The molecule has 1 amide bonds. The van der Waals surface area contributed by atoms with Gasteiger partial charge in [0.15, 0.2) is 0 Å². The second-order valence-corrected chi connectivity index (χ2v) is 8.39. The summed E-state index contributed by atoms with van der Waals surface area (Å²) in [7, 11) is 0. The monoisotopic (exact) mass is 487 g/mol. The van der Waals surface area contributed by atoms with Gasteiger partial charge in [0.2, 0.25) is 0 Å². The lowest BCUT2D eigenvalue weighted by Gasteiger charge is -2.22. The molecule has 5 aromatic rings. The Morgan fingerprint density at radius 1 is 0.917 bits per heavy atom. The van der Waals surface area contributed by atoms with Crippen molar-refractivity contribution >= 4 is 27.6 Å².